The Morgan fingerprint density at radius 3 is 2.36 bits per heavy atom. The predicted molar refractivity (Wildman–Crippen MR) is 128 cm³/mol. The van der Waals surface area contributed by atoms with E-state index in [4.69, 9.17) is 4.74 Å². The largest absolute Gasteiger partial charge is 0.438 e. The number of hydrogen-bond acceptors (Lipinski definition) is 5. The lowest BCUT2D eigenvalue weighted by Gasteiger charge is -2.14. The number of fused-ring (bicyclic) bond motifs is 1. The molecule has 0 saturated carbocycles. The average molecular weight is 433 g/mol. The molecule has 5 rings (SSSR count). The van der Waals surface area contributed by atoms with Gasteiger partial charge in [-0.25, -0.2) is 19.7 Å². The van der Waals surface area contributed by atoms with Gasteiger partial charge in [-0.15, -0.1) is 0 Å². The highest BCUT2D eigenvalue weighted by Gasteiger charge is 2.14. The number of rotatable bonds is 5. The fourth-order valence-corrected chi connectivity index (χ4v) is 3.50. The van der Waals surface area contributed by atoms with E-state index in [2.05, 4.69) is 25.6 Å². The zero-order valence-electron chi connectivity index (χ0n) is 17.5. The standard InChI is InChI=1S/C26H19N5O2/c32-26(30-18-7-2-1-3-8-18)31-23-12-13-24(20-10-5-4-9-19(20)23)33-25-21(11-6-15-28-25)22-14-16-27-17-29-22/h1-17H,(H2,30,31,32). The molecule has 33 heavy (non-hydrogen) atoms. The van der Waals surface area contributed by atoms with Crippen molar-refractivity contribution in [1.82, 2.24) is 15.0 Å². The summed E-state index contributed by atoms with van der Waals surface area (Å²) in [5, 5.41) is 7.44. The van der Waals surface area contributed by atoms with Gasteiger partial charge in [-0.2, -0.15) is 0 Å². The molecule has 160 valence electrons. The number of para-hydroxylation sites is 1. The Hall–Kier alpha value is -4.78. The molecule has 2 N–H and O–H groups in total. The van der Waals surface area contributed by atoms with Gasteiger partial charge in [-0.1, -0.05) is 42.5 Å². The average Bonchev–Trinajstić information content (AvgIpc) is 2.87. The monoisotopic (exact) mass is 433 g/mol. The molecule has 3 aromatic carbocycles. The minimum Gasteiger partial charge on any atom is -0.438 e. The molecular weight excluding hydrogens is 414 g/mol. The van der Waals surface area contributed by atoms with E-state index in [1.165, 1.54) is 6.33 Å². The fourth-order valence-electron chi connectivity index (χ4n) is 3.50. The number of urea groups is 1. The van der Waals surface area contributed by atoms with Crippen molar-refractivity contribution in [3.8, 4) is 22.9 Å². The molecule has 0 aliphatic rings. The maximum Gasteiger partial charge on any atom is 0.323 e. The predicted octanol–water partition coefficient (Wildman–Crippen LogP) is 6.13. The first kappa shape index (κ1) is 20.1. The van der Waals surface area contributed by atoms with Crippen LogP contribution in [0.5, 0.6) is 11.6 Å². The van der Waals surface area contributed by atoms with Crippen LogP contribution >= 0.6 is 0 Å². The summed E-state index contributed by atoms with van der Waals surface area (Å²) in [6, 6.07) is 25.9. The Morgan fingerprint density at radius 2 is 1.55 bits per heavy atom. The van der Waals surface area contributed by atoms with Gasteiger partial charge in [0.15, 0.2) is 0 Å². The number of anilines is 2. The summed E-state index contributed by atoms with van der Waals surface area (Å²) >= 11 is 0. The zero-order chi connectivity index (χ0) is 22.5. The third-order valence-corrected chi connectivity index (χ3v) is 5.00. The number of carbonyl (C=O) groups is 1. The molecule has 2 heterocycles. The van der Waals surface area contributed by atoms with Crippen LogP contribution in [-0.4, -0.2) is 21.0 Å². The first-order valence-corrected chi connectivity index (χ1v) is 10.3. The summed E-state index contributed by atoms with van der Waals surface area (Å²) < 4.78 is 6.23. The van der Waals surface area contributed by atoms with Crippen LogP contribution in [-0.2, 0) is 0 Å². The molecule has 0 atom stereocenters. The number of aromatic nitrogens is 3. The molecule has 0 aliphatic heterocycles. The first-order chi connectivity index (χ1) is 16.3. The number of nitrogens with one attached hydrogen (secondary N) is 2. The van der Waals surface area contributed by atoms with Crippen molar-refractivity contribution in [2.45, 2.75) is 0 Å². The highest BCUT2D eigenvalue weighted by atomic mass is 16.5. The molecule has 7 heteroatoms. The summed E-state index contributed by atoms with van der Waals surface area (Å²) in [6.45, 7) is 0. The second kappa shape index (κ2) is 9.15. The minimum absolute atomic E-state index is 0.323. The van der Waals surface area contributed by atoms with E-state index >= 15 is 0 Å². The number of carbonyl (C=O) groups excluding carboxylic acids is 1. The molecule has 0 bridgehead atoms. The van der Waals surface area contributed by atoms with Gasteiger partial charge >= 0.3 is 6.03 Å². The van der Waals surface area contributed by atoms with Crippen LogP contribution in [0.25, 0.3) is 22.0 Å². The number of pyridine rings is 1. The van der Waals surface area contributed by atoms with E-state index in [0.29, 0.717) is 28.7 Å². The Labute approximate surface area is 190 Å². The molecular formula is C26H19N5O2. The van der Waals surface area contributed by atoms with Gasteiger partial charge in [0.05, 0.1) is 16.9 Å². The van der Waals surface area contributed by atoms with Crippen LogP contribution in [0.1, 0.15) is 0 Å². The first-order valence-electron chi connectivity index (χ1n) is 10.3. The molecule has 2 amide bonds. The van der Waals surface area contributed by atoms with Gasteiger partial charge in [0.25, 0.3) is 0 Å². The lowest BCUT2D eigenvalue weighted by molar-refractivity contribution is 0.262. The highest BCUT2D eigenvalue weighted by Crippen LogP contribution is 2.36. The lowest BCUT2D eigenvalue weighted by atomic mass is 10.1. The summed E-state index contributed by atoms with van der Waals surface area (Å²) in [5.74, 6) is 1.05. The van der Waals surface area contributed by atoms with E-state index in [1.54, 1.807) is 18.5 Å². The van der Waals surface area contributed by atoms with Crippen molar-refractivity contribution in [1.29, 1.82) is 0 Å². The number of nitrogens with zero attached hydrogens (tertiary/aromatic N) is 3. The maximum absolute atomic E-state index is 12.5. The molecule has 0 fully saturated rings. The second-order valence-electron chi connectivity index (χ2n) is 7.15. The second-order valence-corrected chi connectivity index (χ2v) is 7.15. The Bertz CT molecular complexity index is 1410. The normalized spacial score (nSPS) is 10.5. The molecule has 7 nitrogen and oxygen atoms in total. The van der Waals surface area contributed by atoms with Crippen molar-refractivity contribution < 1.29 is 9.53 Å². The van der Waals surface area contributed by atoms with E-state index in [-0.39, 0.29) is 6.03 Å². The maximum atomic E-state index is 12.5. The topological polar surface area (TPSA) is 89.0 Å². The Balaban J connectivity index is 1.45. The molecule has 0 unspecified atom stereocenters. The number of benzene rings is 3. The molecule has 0 radical (unpaired) electrons. The number of amides is 2. The Kier molecular flexibility index (Phi) is 5.59. The van der Waals surface area contributed by atoms with Crippen molar-refractivity contribution >= 4 is 28.2 Å². The third-order valence-electron chi connectivity index (χ3n) is 5.00. The summed E-state index contributed by atoms with van der Waals surface area (Å²) in [5.41, 5.74) is 2.86. The quantitative estimate of drug-likeness (QED) is 0.348. The van der Waals surface area contributed by atoms with Crippen molar-refractivity contribution in [2.24, 2.45) is 0 Å². The molecule has 2 aromatic heterocycles. The van der Waals surface area contributed by atoms with E-state index in [0.717, 1.165) is 16.3 Å². The van der Waals surface area contributed by atoms with E-state index in [9.17, 15) is 4.79 Å². The van der Waals surface area contributed by atoms with E-state index in [1.807, 2.05) is 78.9 Å². The van der Waals surface area contributed by atoms with Gasteiger partial charge < -0.3 is 15.4 Å². The van der Waals surface area contributed by atoms with Crippen LogP contribution in [0.15, 0.2) is 104 Å². The molecule has 0 spiro atoms. The molecule has 5 aromatic rings. The minimum atomic E-state index is -0.323. The zero-order valence-corrected chi connectivity index (χ0v) is 17.5. The van der Waals surface area contributed by atoms with E-state index < -0.39 is 0 Å². The van der Waals surface area contributed by atoms with Crippen LogP contribution in [0.2, 0.25) is 0 Å². The van der Waals surface area contributed by atoms with Crippen LogP contribution in [0.4, 0.5) is 16.2 Å². The SMILES string of the molecule is O=C(Nc1ccccc1)Nc1ccc(Oc2ncccc2-c2ccncn2)c2ccccc12. The fraction of sp³-hybridized carbons (Fsp3) is 0. The highest BCUT2D eigenvalue weighted by molar-refractivity contribution is 6.07. The summed E-state index contributed by atoms with van der Waals surface area (Å²) in [7, 11) is 0. The van der Waals surface area contributed by atoms with Gasteiger partial charge in [0.2, 0.25) is 5.88 Å². The summed E-state index contributed by atoms with van der Waals surface area (Å²) in [6.07, 6.45) is 4.84. The Morgan fingerprint density at radius 1 is 0.727 bits per heavy atom. The number of ether oxygens (including phenoxy) is 1. The lowest BCUT2D eigenvalue weighted by Crippen LogP contribution is -2.19. The molecule has 0 saturated heterocycles. The third kappa shape index (κ3) is 4.47. The van der Waals surface area contributed by atoms with Gasteiger partial charge in [0.1, 0.15) is 12.1 Å². The van der Waals surface area contributed by atoms with Crippen LogP contribution in [0.3, 0.4) is 0 Å². The van der Waals surface area contributed by atoms with Crippen molar-refractivity contribution in [3.63, 3.8) is 0 Å². The van der Waals surface area contributed by atoms with Gasteiger partial charge in [-0.3, -0.25) is 0 Å². The molecule has 0 aliphatic carbocycles. The smallest absolute Gasteiger partial charge is 0.323 e. The summed E-state index contributed by atoms with van der Waals surface area (Å²) in [4.78, 5) is 25.2. The van der Waals surface area contributed by atoms with Crippen molar-refractivity contribution in [3.05, 3.63) is 104 Å². The van der Waals surface area contributed by atoms with Gasteiger partial charge in [-0.05, 0) is 42.5 Å². The van der Waals surface area contributed by atoms with Crippen LogP contribution in [0, 0.1) is 0 Å². The van der Waals surface area contributed by atoms with Gasteiger partial charge in [0, 0.05) is 28.9 Å². The number of hydrogen-bond donors (Lipinski definition) is 2. The van der Waals surface area contributed by atoms with Crippen molar-refractivity contribution in [2.75, 3.05) is 10.6 Å². The van der Waals surface area contributed by atoms with Crippen LogP contribution < -0.4 is 15.4 Å².